The van der Waals surface area contributed by atoms with Gasteiger partial charge in [0.15, 0.2) is 0 Å². The molecule has 2 aromatic heterocycles. The molecule has 0 aliphatic carbocycles. The van der Waals surface area contributed by atoms with Crippen molar-refractivity contribution >= 4 is 0 Å². The molecule has 0 spiro atoms. The van der Waals surface area contributed by atoms with Crippen LogP contribution < -0.4 is 5.32 Å². The van der Waals surface area contributed by atoms with E-state index in [1.807, 2.05) is 36.4 Å². The Morgan fingerprint density at radius 3 is 1.50 bits per heavy atom. The first-order chi connectivity index (χ1) is 7.47. The van der Waals surface area contributed by atoms with Gasteiger partial charge in [-0.1, -0.05) is 12.1 Å². The number of nitrogens with zero attached hydrogens (tertiary/aromatic N) is 2. The van der Waals surface area contributed by atoms with E-state index in [2.05, 4.69) is 15.3 Å². The van der Waals surface area contributed by atoms with Crippen LogP contribution in [0.1, 0.15) is 0 Å². The Morgan fingerprint density at radius 2 is 1.25 bits per heavy atom. The third-order valence-corrected chi connectivity index (χ3v) is 1.84. The molecule has 0 atom stereocenters. The van der Waals surface area contributed by atoms with Crippen molar-refractivity contribution in [2.75, 3.05) is 13.1 Å². The van der Waals surface area contributed by atoms with Crippen molar-refractivity contribution in [3.05, 3.63) is 48.8 Å². The van der Waals surface area contributed by atoms with Crippen LogP contribution in [0.2, 0.25) is 0 Å². The van der Waals surface area contributed by atoms with Crippen LogP contribution in [-0.2, 0) is 19.5 Å². The van der Waals surface area contributed by atoms with Gasteiger partial charge in [0.2, 0.25) is 0 Å². The van der Waals surface area contributed by atoms with Gasteiger partial charge in [-0.05, 0) is 24.3 Å². The zero-order valence-corrected chi connectivity index (χ0v) is 10.5. The summed E-state index contributed by atoms with van der Waals surface area (Å²) in [5, 5.41) is 3.00. The zero-order valence-electron chi connectivity index (χ0n) is 8.78. The van der Waals surface area contributed by atoms with E-state index in [0.717, 1.165) is 11.4 Å². The van der Waals surface area contributed by atoms with Crippen molar-refractivity contribution in [2.45, 2.75) is 0 Å². The van der Waals surface area contributed by atoms with Crippen molar-refractivity contribution in [2.24, 2.45) is 0 Å². The van der Waals surface area contributed by atoms with Crippen molar-refractivity contribution in [1.29, 1.82) is 0 Å². The second-order valence-corrected chi connectivity index (χ2v) is 3.18. The van der Waals surface area contributed by atoms with E-state index in [0.29, 0.717) is 0 Å². The van der Waals surface area contributed by atoms with E-state index in [1.165, 1.54) is 13.1 Å². The summed E-state index contributed by atoms with van der Waals surface area (Å²) < 4.78 is 0. The van der Waals surface area contributed by atoms with Crippen molar-refractivity contribution < 1.29 is 19.5 Å². The number of nitrogens with one attached hydrogen (secondary N) is 1. The van der Waals surface area contributed by atoms with E-state index in [9.17, 15) is 0 Å². The molecule has 2 aromatic rings. The third kappa shape index (κ3) is 4.60. The summed E-state index contributed by atoms with van der Waals surface area (Å²) in [7, 11) is 0. The maximum absolute atomic E-state index is 4.19. The normalized spacial score (nSPS) is 11.8. The summed E-state index contributed by atoms with van der Waals surface area (Å²) in [5.74, 6) is 0. The molecule has 0 bridgehead atoms. The van der Waals surface area contributed by atoms with Gasteiger partial charge in [0.05, 0.1) is 11.4 Å². The van der Waals surface area contributed by atoms with Crippen LogP contribution >= 0.6 is 0 Å². The van der Waals surface area contributed by atoms with Crippen molar-refractivity contribution in [1.82, 2.24) is 15.3 Å². The fraction of sp³-hybridized carbons (Fsp3) is 0.167. The quantitative estimate of drug-likeness (QED) is 0.644. The fourth-order valence-corrected chi connectivity index (χ4v) is 1.03. The number of rotatable bonds is 1. The Hall–Kier alpha value is -1.12. The monoisotopic (exact) mass is 301 g/mol. The minimum absolute atomic E-state index is 0. The molecule has 3 nitrogen and oxygen atoms in total. The smallest absolute Gasteiger partial charge is 0.0886 e. The van der Waals surface area contributed by atoms with Crippen LogP contribution in [0.4, 0.5) is 0 Å². The Labute approximate surface area is 108 Å². The summed E-state index contributed by atoms with van der Waals surface area (Å²) in [5.41, 5.74) is 1.83. The van der Waals surface area contributed by atoms with Gasteiger partial charge in [0.25, 0.3) is 0 Å². The molecule has 4 heteroatoms. The van der Waals surface area contributed by atoms with Crippen LogP contribution in [0, 0.1) is 0 Å². The molecule has 0 aromatic carbocycles. The first-order valence-electron chi connectivity index (χ1n) is 5.00. The molecular weight excluding hydrogens is 287 g/mol. The Bertz CT molecular complexity index is 349. The van der Waals surface area contributed by atoms with Gasteiger partial charge in [0.1, 0.15) is 0 Å². The molecule has 0 amide bonds. The van der Waals surface area contributed by atoms with Gasteiger partial charge < -0.3 is 5.32 Å². The molecule has 1 aliphatic heterocycles. The molecule has 1 saturated heterocycles. The summed E-state index contributed by atoms with van der Waals surface area (Å²) >= 11 is 0. The predicted octanol–water partition coefficient (Wildman–Crippen LogP) is 1.73. The number of pyridine rings is 2. The maximum Gasteiger partial charge on any atom is 0.0886 e. The first-order valence-corrected chi connectivity index (χ1v) is 5.00. The van der Waals surface area contributed by atoms with Crippen LogP contribution in [0.3, 0.4) is 0 Å². The topological polar surface area (TPSA) is 47.7 Å². The van der Waals surface area contributed by atoms with Crippen molar-refractivity contribution in [3.63, 3.8) is 0 Å². The summed E-state index contributed by atoms with van der Waals surface area (Å²) in [4.78, 5) is 8.37. The molecule has 0 saturated carbocycles. The van der Waals surface area contributed by atoms with E-state index in [-0.39, 0.29) is 19.5 Å². The number of aromatic nitrogens is 2. The van der Waals surface area contributed by atoms with Gasteiger partial charge in [-0.25, -0.2) is 0 Å². The Kier molecular flexibility index (Phi) is 5.83. The van der Waals surface area contributed by atoms with Crippen molar-refractivity contribution in [3.8, 4) is 11.4 Å². The predicted molar refractivity (Wildman–Crippen MR) is 60.3 cm³/mol. The third-order valence-electron chi connectivity index (χ3n) is 1.84. The average Bonchev–Trinajstić information content (AvgIpc) is 3.19. The Morgan fingerprint density at radius 1 is 0.812 bits per heavy atom. The second kappa shape index (κ2) is 7.21. The van der Waals surface area contributed by atoms with Gasteiger partial charge in [-0.2, -0.15) is 0 Å². The van der Waals surface area contributed by atoms with E-state index >= 15 is 0 Å². The molecule has 3 heterocycles. The molecule has 1 N–H and O–H groups in total. The zero-order chi connectivity index (χ0) is 10.3. The van der Waals surface area contributed by atoms with Crippen LogP contribution in [0.15, 0.2) is 48.8 Å². The summed E-state index contributed by atoms with van der Waals surface area (Å²) in [6, 6.07) is 11.6. The van der Waals surface area contributed by atoms with Gasteiger partial charge in [0, 0.05) is 45.0 Å². The molecule has 0 radical (unpaired) electrons. The first kappa shape index (κ1) is 13.0. The minimum atomic E-state index is 0. The molecule has 16 heavy (non-hydrogen) atoms. The molecular formula is C12H13N3Ru. The molecule has 3 rings (SSSR count). The van der Waals surface area contributed by atoms with Crippen LogP contribution in [-0.4, -0.2) is 23.1 Å². The maximum atomic E-state index is 4.19. The standard InChI is InChI=1S/C10H8N2.C2H5N.Ru/c1-3-7-11-9(5-1)10-6-2-4-8-12-10;1-2-3-1;/h1-8H;3H,1-2H2;. The fourth-order valence-electron chi connectivity index (χ4n) is 1.03. The van der Waals surface area contributed by atoms with Crippen LogP contribution in [0.25, 0.3) is 11.4 Å². The van der Waals surface area contributed by atoms with Gasteiger partial charge in [-0.15, -0.1) is 0 Å². The average molecular weight is 300 g/mol. The van der Waals surface area contributed by atoms with Crippen LogP contribution in [0.5, 0.6) is 0 Å². The van der Waals surface area contributed by atoms with Gasteiger partial charge in [-0.3, -0.25) is 9.97 Å². The van der Waals surface area contributed by atoms with E-state index in [4.69, 9.17) is 0 Å². The number of hydrogen-bond donors (Lipinski definition) is 1. The van der Waals surface area contributed by atoms with E-state index in [1.54, 1.807) is 12.4 Å². The largest absolute Gasteiger partial charge is 0.314 e. The minimum Gasteiger partial charge on any atom is -0.314 e. The van der Waals surface area contributed by atoms with Gasteiger partial charge >= 0.3 is 0 Å². The summed E-state index contributed by atoms with van der Waals surface area (Å²) in [6.45, 7) is 2.50. The van der Waals surface area contributed by atoms with E-state index < -0.39 is 0 Å². The second-order valence-electron chi connectivity index (χ2n) is 3.18. The number of hydrogen-bond acceptors (Lipinski definition) is 3. The SMILES string of the molecule is C1CN1.[Ru].c1ccc(-c2ccccn2)nc1. The summed E-state index contributed by atoms with van der Waals surface area (Å²) in [6.07, 6.45) is 3.54. The molecule has 1 aliphatic rings. The molecule has 84 valence electrons. The molecule has 1 fully saturated rings. The Balaban J connectivity index is 0.000000278. The molecule has 0 unspecified atom stereocenters.